The maximum Gasteiger partial charge on any atom is 0.315 e. The van der Waals surface area contributed by atoms with E-state index in [2.05, 4.69) is 21.7 Å². The van der Waals surface area contributed by atoms with Gasteiger partial charge in [-0.2, -0.15) is 0 Å². The van der Waals surface area contributed by atoms with E-state index in [0.29, 0.717) is 30.5 Å². The number of nitrogens with one attached hydrogen (secondary N) is 2. The van der Waals surface area contributed by atoms with E-state index in [9.17, 15) is 4.79 Å². The average molecular weight is 437 g/mol. The van der Waals surface area contributed by atoms with E-state index in [1.165, 1.54) is 5.56 Å². The van der Waals surface area contributed by atoms with Gasteiger partial charge in [-0.25, -0.2) is 9.78 Å². The molecular weight excluding hydrogens is 408 g/mol. The van der Waals surface area contributed by atoms with Crippen LogP contribution in [0, 0.1) is 5.92 Å². The van der Waals surface area contributed by atoms with Gasteiger partial charge in [-0.1, -0.05) is 18.2 Å². The van der Waals surface area contributed by atoms with Crippen LogP contribution in [0.5, 0.6) is 17.2 Å². The Balaban J connectivity index is 1.47. The minimum Gasteiger partial charge on any atom is -0.497 e. The third-order valence-corrected chi connectivity index (χ3v) is 5.61. The molecule has 168 valence electrons. The third-order valence-electron chi connectivity index (χ3n) is 5.61. The first-order chi connectivity index (χ1) is 15.6. The van der Waals surface area contributed by atoms with Crippen molar-refractivity contribution in [1.29, 1.82) is 0 Å². The zero-order valence-electron chi connectivity index (χ0n) is 18.5. The van der Waals surface area contributed by atoms with E-state index < -0.39 is 6.04 Å². The van der Waals surface area contributed by atoms with Gasteiger partial charge in [0.05, 0.1) is 20.8 Å². The number of aryl methyl sites for hydroxylation is 1. The van der Waals surface area contributed by atoms with Crippen LogP contribution in [0.4, 0.5) is 4.79 Å². The summed E-state index contributed by atoms with van der Waals surface area (Å²) >= 11 is 0. The summed E-state index contributed by atoms with van der Waals surface area (Å²) in [6, 6.07) is 12.8. The van der Waals surface area contributed by atoms with Crippen LogP contribution in [-0.2, 0) is 13.5 Å². The van der Waals surface area contributed by atoms with Crippen LogP contribution in [0.25, 0.3) is 0 Å². The minimum absolute atomic E-state index is 0.208. The first-order valence-electron chi connectivity index (χ1n) is 10.5. The zero-order chi connectivity index (χ0) is 22.5. The van der Waals surface area contributed by atoms with Crippen LogP contribution in [-0.4, -0.2) is 43.0 Å². The number of carbonyl (C=O) groups excluding carboxylic acids is 1. The Morgan fingerprint density at radius 1 is 1.22 bits per heavy atom. The molecule has 4 rings (SSSR count). The lowest BCUT2D eigenvalue weighted by atomic mass is 9.97. The molecule has 1 aromatic heterocycles. The molecule has 8 heteroatoms. The van der Waals surface area contributed by atoms with Gasteiger partial charge in [0.1, 0.15) is 29.1 Å². The fourth-order valence-corrected chi connectivity index (χ4v) is 3.89. The molecule has 2 N–H and O–H groups in total. The summed E-state index contributed by atoms with van der Waals surface area (Å²) in [4.78, 5) is 17.3. The number of hydrogen-bond donors (Lipinski definition) is 2. The van der Waals surface area contributed by atoms with Gasteiger partial charge in [0, 0.05) is 38.0 Å². The van der Waals surface area contributed by atoms with Crippen molar-refractivity contribution in [3.8, 4) is 17.2 Å². The summed E-state index contributed by atoms with van der Waals surface area (Å²) in [6.07, 6.45) is 4.42. The highest BCUT2D eigenvalue weighted by Crippen LogP contribution is 2.30. The molecule has 2 atom stereocenters. The molecule has 1 aliphatic heterocycles. The van der Waals surface area contributed by atoms with Crippen molar-refractivity contribution in [2.24, 2.45) is 13.0 Å². The van der Waals surface area contributed by atoms with Gasteiger partial charge in [0.15, 0.2) is 0 Å². The molecule has 2 heterocycles. The SMILES string of the molecule is COc1cc(OC)cc(C(NC(=O)NCC2COc3ccccc3C2)c2nccn2C)c1. The maximum atomic E-state index is 12.9. The van der Waals surface area contributed by atoms with E-state index >= 15 is 0 Å². The van der Waals surface area contributed by atoms with Gasteiger partial charge in [0.25, 0.3) is 0 Å². The Hall–Kier alpha value is -3.68. The summed E-state index contributed by atoms with van der Waals surface area (Å²) in [7, 11) is 5.08. The molecule has 1 aliphatic rings. The monoisotopic (exact) mass is 436 g/mol. The number of fused-ring (bicyclic) bond motifs is 1. The first kappa shape index (κ1) is 21.5. The molecule has 32 heavy (non-hydrogen) atoms. The van der Waals surface area contributed by atoms with Crippen LogP contribution in [0.2, 0.25) is 0 Å². The number of benzene rings is 2. The topological polar surface area (TPSA) is 86.6 Å². The van der Waals surface area contributed by atoms with Gasteiger partial charge in [-0.15, -0.1) is 0 Å². The number of amides is 2. The predicted octanol–water partition coefficient (Wildman–Crippen LogP) is 3.08. The van der Waals surface area contributed by atoms with Crippen molar-refractivity contribution >= 4 is 6.03 Å². The number of para-hydroxylation sites is 1. The number of imidazole rings is 1. The lowest BCUT2D eigenvalue weighted by Crippen LogP contribution is -2.42. The number of hydrogen-bond acceptors (Lipinski definition) is 5. The van der Waals surface area contributed by atoms with Gasteiger partial charge in [-0.3, -0.25) is 0 Å². The van der Waals surface area contributed by atoms with Crippen LogP contribution < -0.4 is 24.8 Å². The maximum absolute atomic E-state index is 12.9. The molecule has 0 aliphatic carbocycles. The summed E-state index contributed by atoms with van der Waals surface area (Å²) in [5.74, 6) is 3.11. The summed E-state index contributed by atoms with van der Waals surface area (Å²) in [5.41, 5.74) is 1.97. The number of carbonyl (C=O) groups is 1. The Morgan fingerprint density at radius 2 is 1.97 bits per heavy atom. The number of methoxy groups -OCH3 is 2. The first-order valence-corrected chi connectivity index (χ1v) is 10.5. The molecule has 2 amide bonds. The smallest absolute Gasteiger partial charge is 0.315 e. The van der Waals surface area contributed by atoms with Crippen molar-refractivity contribution in [2.45, 2.75) is 12.5 Å². The second kappa shape index (κ2) is 9.64. The second-order valence-corrected chi connectivity index (χ2v) is 7.82. The van der Waals surface area contributed by atoms with E-state index in [1.807, 2.05) is 48.1 Å². The van der Waals surface area contributed by atoms with Crippen LogP contribution in [0.15, 0.2) is 54.9 Å². The van der Waals surface area contributed by atoms with Crippen molar-refractivity contribution < 1.29 is 19.0 Å². The van der Waals surface area contributed by atoms with E-state index in [0.717, 1.165) is 17.7 Å². The molecule has 0 fully saturated rings. The summed E-state index contributed by atoms with van der Waals surface area (Å²) in [6.45, 7) is 1.09. The molecule has 0 spiro atoms. The molecule has 2 unspecified atom stereocenters. The summed E-state index contributed by atoms with van der Waals surface area (Å²) in [5, 5.41) is 6.05. The van der Waals surface area contributed by atoms with E-state index in [1.54, 1.807) is 26.5 Å². The van der Waals surface area contributed by atoms with Crippen LogP contribution in [0.1, 0.15) is 23.0 Å². The zero-order valence-corrected chi connectivity index (χ0v) is 18.5. The van der Waals surface area contributed by atoms with E-state index in [-0.39, 0.29) is 11.9 Å². The Kier molecular flexibility index (Phi) is 6.49. The van der Waals surface area contributed by atoms with Crippen LogP contribution >= 0.6 is 0 Å². The molecule has 8 nitrogen and oxygen atoms in total. The fourth-order valence-electron chi connectivity index (χ4n) is 3.89. The largest absolute Gasteiger partial charge is 0.497 e. The average Bonchev–Trinajstić information content (AvgIpc) is 3.26. The van der Waals surface area contributed by atoms with Crippen molar-refractivity contribution in [1.82, 2.24) is 20.2 Å². The Bertz CT molecular complexity index is 1060. The number of urea groups is 1. The Labute approximate surface area is 187 Å². The van der Waals surface area contributed by atoms with Gasteiger partial charge in [0.2, 0.25) is 0 Å². The highest BCUT2D eigenvalue weighted by Gasteiger charge is 2.24. The standard InChI is InChI=1S/C24H28N4O4/c1-28-9-8-25-23(28)22(18-11-19(30-2)13-20(12-18)31-3)27-24(29)26-14-16-10-17-6-4-5-7-21(17)32-15-16/h4-9,11-13,16,22H,10,14-15H2,1-3H3,(H2,26,27,29). The van der Waals surface area contributed by atoms with Gasteiger partial charge in [-0.05, 0) is 35.7 Å². The normalized spacial score (nSPS) is 15.8. The van der Waals surface area contributed by atoms with Crippen molar-refractivity contribution in [2.75, 3.05) is 27.4 Å². The number of aromatic nitrogens is 2. The Morgan fingerprint density at radius 3 is 2.66 bits per heavy atom. The molecule has 2 aromatic carbocycles. The number of rotatable bonds is 7. The van der Waals surface area contributed by atoms with Crippen molar-refractivity contribution in [3.63, 3.8) is 0 Å². The molecular formula is C24H28N4O4. The fraction of sp³-hybridized carbons (Fsp3) is 0.333. The molecule has 0 saturated heterocycles. The summed E-state index contributed by atoms with van der Waals surface area (Å²) < 4.78 is 18.5. The third kappa shape index (κ3) is 4.80. The van der Waals surface area contributed by atoms with E-state index in [4.69, 9.17) is 14.2 Å². The predicted molar refractivity (Wildman–Crippen MR) is 120 cm³/mol. The van der Waals surface area contributed by atoms with Gasteiger partial charge >= 0.3 is 6.03 Å². The quantitative estimate of drug-likeness (QED) is 0.595. The van der Waals surface area contributed by atoms with Crippen LogP contribution in [0.3, 0.4) is 0 Å². The number of nitrogens with zero attached hydrogens (tertiary/aromatic N) is 2. The number of ether oxygens (including phenoxy) is 3. The second-order valence-electron chi connectivity index (χ2n) is 7.82. The lowest BCUT2D eigenvalue weighted by Gasteiger charge is -2.26. The highest BCUT2D eigenvalue weighted by atomic mass is 16.5. The molecule has 3 aromatic rings. The lowest BCUT2D eigenvalue weighted by molar-refractivity contribution is 0.210. The van der Waals surface area contributed by atoms with Gasteiger partial charge < -0.3 is 29.4 Å². The molecule has 0 saturated carbocycles. The molecule has 0 radical (unpaired) electrons. The van der Waals surface area contributed by atoms with Crippen molar-refractivity contribution in [3.05, 3.63) is 71.8 Å². The highest BCUT2D eigenvalue weighted by molar-refractivity contribution is 5.75. The molecule has 0 bridgehead atoms. The minimum atomic E-state index is -0.484.